The lowest BCUT2D eigenvalue weighted by atomic mass is 9.74. The second-order valence-electron chi connectivity index (χ2n) is 6.92. The second kappa shape index (κ2) is 6.98. The van der Waals surface area contributed by atoms with E-state index in [4.69, 9.17) is 0 Å². The van der Waals surface area contributed by atoms with Crippen LogP contribution in [0.4, 0.5) is 10.5 Å². The number of anilines is 1. The van der Waals surface area contributed by atoms with Crippen molar-refractivity contribution in [1.29, 1.82) is 0 Å². The van der Waals surface area contributed by atoms with E-state index in [1.165, 1.54) is 0 Å². The van der Waals surface area contributed by atoms with E-state index in [-0.39, 0.29) is 0 Å². The first kappa shape index (κ1) is 18.5. The minimum Gasteiger partial charge on any atom is -0.465 e. The zero-order chi connectivity index (χ0) is 18.8. The first-order chi connectivity index (χ1) is 11.6. The molecular weight excluding hydrogens is 310 g/mol. The highest BCUT2D eigenvalue weighted by atomic mass is 16.4. The molecule has 0 atom stereocenters. The fourth-order valence-electron chi connectivity index (χ4n) is 3.12. The zero-order valence-electron chi connectivity index (χ0n) is 15.3. The van der Waals surface area contributed by atoms with Crippen molar-refractivity contribution in [2.24, 2.45) is 0 Å². The molecule has 0 heterocycles. The van der Waals surface area contributed by atoms with Gasteiger partial charge in [0.2, 0.25) is 0 Å². The molecule has 3 nitrogen and oxygen atoms in total. The zero-order valence-corrected chi connectivity index (χ0v) is 15.3. The summed E-state index contributed by atoms with van der Waals surface area (Å²) in [5.41, 5.74) is 6.17. The van der Waals surface area contributed by atoms with Crippen LogP contribution in [0.5, 0.6) is 0 Å². The Hall–Kier alpha value is -2.81. The van der Waals surface area contributed by atoms with Crippen LogP contribution in [0, 0.1) is 0 Å². The number of carboxylic acid groups (broad SMARTS) is 1. The van der Waals surface area contributed by atoms with Crippen LogP contribution in [-0.4, -0.2) is 11.2 Å². The van der Waals surface area contributed by atoms with Gasteiger partial charge in [0.05, 0.1) is 0 Å². The fraction of sp³-hybridized carbons (Fsp3) is 0.227. The van der Waals surface area contributed by atoms with Crippen LogP contribution in [0.1, 0.15) is 49.9 Å². The molecule has 130 valence electrons. The molecule has 2 rings (SSSR count). The predicted octanol–water partition coefficient (Wildman–Crippen LogP) is 6.17. The molecular formula is C22H25NO2. The summed E-state index contributed by atoms with van der Waals surface area (Å²) in [6, 6.07) is 13.9. The van der Waals surface area contributed by atoms with Crippen LogP contribution < -0.4 is 5.32 Å². The number of allylic oxidation sites excluding steroid dienone is 2. The summed E-state index contributed by atoms with van der Waals surface area (Å²) in [7, 11) is 0. The van der Waals surface area contributed by atoms with Crippen molar-refractivity contribution in [3.05, 3.63) is 77.9 Å². The second-order valence-corrected chi connectivity index (χ2v) is 6.92. The Morgan fingerprint density at radius 2 is 1.60 bits per heavy atom. The van der Waals surface area contributed by atoms with Crippen LogP contribution in [0.15, 0.2) is 55.6 Å². The molecule has 0 aromatic heterocycles. The molecule has 2 aromatic carbocycles. The van der Waals surface area contributed by atoms with Crippen LogP contribution in [0.2, 0.25) is 0 Å². The number of amides is 1. The van der Waals surface area contributed by atoms with E-state index in [1.807, 2.05) is 38.1 Å². The topological polar surface area (TPSA) is 49.3 Å². The first-order valence-electron chi connectivity index (χ1n) is 8.20. The van der Waals surface area contributed by atoms with Crippen LogP contribution in [-0.2, 0) is 5.41 Å². The average molecular weight is 335 g/mol. The molecule has 0 saturated heterocycles. The molecule has 2 aromatic rings. The van der Waals surface area contributed by atoms with Crippen molar-refractivity contribution >= 4 is 22.9 Å². The monoisotopic (exact) mass is 335 g/mol. The van der Waals surface area contributed by atoms with Crippen LogP contribution in [0.3, 0.4) is 0 Å². The van der Waals surface area contributed by atoms with Gasteiger partial charge in [-0.25, -0.2) is 4.79 Å². The normalized spacial score (nSPS) is 11.0. The Morgan fingerprint density at radius 3 is 2.08 bits per heavy atom. The van der Waals surface area contributed by atoms with Crippen molar-refractivity contribution in [3.63, 3.8) is 0 Å². The molecule has 0 aliphatic carbocycles. The fourth-order valence-corrected chi connectivity index (χ4v) is 3.12. The summed E-state index contributed by atoms with van der Waals surface area (Å²) in [4.78, 5) is 11.2. The van der Waals surface area contributed by atoms with E-state index in [0.29, 0.717) is 5.69 Å². The summed E-state index contributed by atoms with van der Waals surface area (Å²) in [5, 5.41) is 11.7. The average Bonchev–Trinajstić information content (AvgIpc) is 2.53. The SMILES string of the molecule is C=C(C)c1ccc(C(C)(C)c2c(NC(=O)O)cccc2C(=C)C)cc1. The predicted molar refractivity (Wildman–Crippen MR) is 106 cm³/mol. The van der Waals surface area contributed by atoms with Crippen LogP contribution in [0.25, 0.3) is 11.1 Å². The summed E-state index contributed by atoms with van der Waals surface area (Å²) in [6.45, 7) is 16.1. The Morgan fingerprint density at radius 1 is 1.00 bits per heavy atom. The number of carbonyl (C=O) groups is 1. The molecule has 1 amide bonds. The maximum atomic E-state index is 11.2. The van der Waals surface area contributed by atoms with Gasteiger partial charge in [0, 0.05) is 11.1 Å². The van der Waals surface area contributed by atoms with Crippen molar-refractivity contribution in [2.75, 3.05) is 5.32 Å². The first-order valence-corrected chi connectivity index (χ1v) is 8.20. The van der Waals surface area contributed by atoms with E-state index in [9.17, 15) is 9.90 Å². The maximum Gasteiger partial charge on any atom is 0.409 e. The molecule has 3 heteroatoms. The van der Waals surface area contributed by atoms with Gasteiger partial charge >= 0.3 is 6.09 Å². The van der Waals surface area contributed by atoms with Gasteiger partial charge in [0.15, 0.2) is 0 Å². The molecule has 0 aliphatic rings. The number of hydrogen-bond donors (Lipinski definition) is 2. The third kappa shape index (κ3) is 3.82. The molecule has 0 unspecified atom stereocenters. The van der Waals surface area contributed by atoms with E-state index >= 15 is 0 Å². The minimum absolute atomic E-state index is 0.402. The summed E-state index contributed by atoms with van der Waals surface area (Å²) < 4.78 is 0. The van der Waals surface area contributed by atoms with E-state index in [1.54, 1.807) is 6.07 Å². The molecule has 0 fully saturated rings. The van der Waals surface area contributed by atoms with E-state index in [0.717, 1.165) is 33.4 Å². The van der Waals surface area contributed by atoms with Gasteiger partial charge < -0.3 is 5.11 Å². The van der Waals surface area contributed by atoms with Crippen molar-refractivity contribution < 1.29 is 9.90 Å². The Kier molecular flexibility index (Phi) is 5.17. The lowest BCUT2D eigenvalue weighted by molar-refractivity contribution is 0.209. The van der Waals surface area contributed by atoms with Gasteiger partial charge in [-0.3, -0.25) is 5.32 Å². The molecule has 0 radical (unpaired) electrons. The quantitative estimate of drug-likeness (QED) is 0.686. The minimum atomic E-state index is -1.08. The lowest BCUT2D eigenvalue weighted by Crippen LogP contribution is -2.24. The highest BCUT2D eigenvalue weighted by Gasteiger charge is 2.29. The number of nitrogens with one attached hydrogen (secondary N) is 1. The van der Waals surface area contributed by atoms with Gasteiger partial charge in [-0.15, -0.1) is 0 Å². The van der Waals surface area contributed by atoms with Crippen molar-refractivity contribution in [3.8, 4) is 0 Å². The molecule has 0 aliphatic heterocycles. The van der Waals surface area contributed by atoms with Gasteiger partial charge in [-0.05, 0) is 42.2 Å². The third-order valence-corrected chi connectivity index (χ3v) is 4.49. The Balaban J connectivity index is 2.65. The number of benzene rings is 2. The highest BCUT2D eigenvalue weighted by Crippen LogP contribution is 2.40. The van der Waals surface area contributed by atoms with Crippen molar-refractivity contribution in [2.45, 2.75) is 33.1 Å². The lowest BCUT2D eigenvalue weighted by Gasteiger charge is -2.31. The number of rotatable bonds is 5. The van der Waals surface area contributed by atoms with Crippen molar-refractivity contribution in [1.82, 2.24) is 0 Å². The third-order valence-electron chi connectivity index (χ3n) is 4.49. The molecule has 0 saturated carbocycles. The van der Waals surface area contributed by atoms with Gasteiger partial charge in [-0.1, -0.05) is 74.5 Å². The Bertz CT molecular complexity index is 830. The summed E-state index contributed by atoms with van der Waals surface area (Å²) >= 11 is 0. The number of hydrogen-bond acceptors (Lipinski definition) is 1. The molecule has 0 spiro atoms. The van der Waals surface area contributed by atoms with Gasteiger partial charge in [0.1, 0.15) is 0 Å². The molecule has 25 heavy (non-hydrogen) atoms. The standard InChI is InChI=1S/C22H25NO2/c1-14(2)16-10-12-17(13-11-16)22(5,6)20-18(15(3)4)8-7-9-19(20)23-21(24)25/h7-13,23H,1,3H2,2,4-6H3,(H,24,25). The highest BCUT2D eigenvalue weighted by molar-refractivity contribution is 5.87. The van der Waals surface area contributed by atoms with E-state index < -0.39 is 11.5 Å². The Labute approximate surface area is 149 Å². The molecule has 2 N–H and O–H groups in total. The van der Waals surface area contributed by atoms with Gasteiger partial charge in [-0.2, -0.15) is 0 Å². The maximum absolute atomic E-state index is 11.2. The summed E-state index contributed by atoms with van der Waals surface area (Å²) in [5.74, 6) is 0. The summed E-state index contributed by atoms with van der Waals surface area (Å²) in [6.07, 6.45) is -1.08. The largest absolute Gasteiger partial charge is 0.465 e. The smallest absolute Gasteiger partial charge is 0.409 e. The van der Waals surface area contributed by atoms with Crippen LogP contribution >= 0.6 is 0 Å². The van der Waals surface area contributed by atoms with E-state index in [2.05, 4.69) is 44.5 Å². The van der Waals surface area contributed by atoms with Gasteiger partial charge in [0.25, 0.3) is 0 Å². The molecule has 0 bridgehead atoms.